The van der Waals surface area contributed by atoms with Crippen LogP contribution in [0.2, 0.25) is 5.02 Å². The fourth-order valence-corrected chi connectivity index (χ4v) is 2.98. The first-order valence-electron chi connectivity index (χ1n) is 7.73. The zero-order valence-electron chi connectivity index (χ0n) is 12.7. The van der Waals surface area contributed by atoms with Crippen LogP contribution in [0.5, 0.6) is 0 Å². The second-order valence-electron chi connectivity index (χ2n) is 5.87. The van der Waals surface area contributed by atoms with Gasteiger partial charge in [0.1, 0.15) is 5.82 Å². The summed E-state index contributed by atoms with van der Waals surface area (Å²) >= 11 is 5.95. The number of amides is 1. The molecule has 1 aromatic carbocycles. The Labute approximate surface area is 142 Å². The zero-order valence-corrected chi connectivity index (χ0v) is 13.4. The number of nitrogens with zero attached hydrogens (tertiary/aromatic N) is 3. The first-order valence-corrected chi connectivity index (χ1v) is 8.11. The minimum Gasteiger partial charge on any atom is -0.319 e. The van der Waals surface area contributed by atoms with Crippen LogP contribution in [0.1, 0.15) is 41.4 Å². The average Bonchev–Trinajstić information content (AvgIpc) is 2.89. The standard InChI is InChI=1S/C17H14ClFN4O/c18-13-9-11(19)6-7-12(13)17(24)20-14-5-2-8-23-16(14)21-15(22-23)10-3-1-4-10/h2,5-10H,1,3-4H2,(H,20,24). The molecule has 2 aromatic heterocycles. The number of rotatable bonds is 3. The third-order valence-electron chi connectivity index (χ3n) is 4.27. The lowest BCUT2D eigenvalue weighted by molar-refractivity contribution is 0.102. The lowest BCUT2D eigenvalue weighted by Crippen LogP contribution is -2.13. The summed E-state index contributed by atoms with van der Waals surface area (Å²) in [5.74, 6) is 0.310. The number of hydrogen-bond donors (Lipinski definition) is 1. The highest BCUT2D eigenvalue weighted by Crippen LogP contribution is 2.35. The lowest BCUT2D eigenvalue weighted by atomic mass is 9.85. The van der Waals surface area contributed by atoms with E-state index in [9.17, 15) is 9.18 Å². The van der Waals surface area contributed by atoms with Crippen molar-refractivity contribution in [3.8, 4) is 0 Å². The molecule has 0 atom stereocenters. The van der Waals surface area contributed by atoms with E-state index < -0.39 is 11.7 Å². The van der Waals surface area contributed by atoms with E-state index in [0.717, 1.165) is 24.7 Å². The van der Waals surface area contributed by atoms with Gasteiger partial charge in [0.2, 0.25) is 0 Å². The molecule has 1 saturated carbocycles. The van der Waals surface area contributed by atoms with Gasteiger partial charge in [0.05, 0.1) is 16.3 Å². The van der Waals surface area contributed by atoms with Gasteiger partial charge < -0.3 is 5.32 Å². The second-order valence-corrected chi connectivity index (χ2v) is 6.27. The van der Waals surface area contributed by atoms with E-state index >= 15 is 0 Å². The SMILES string of the molecule is O=C(Nc1cccn2nc(C3CCC3)nc12)c1ccc(F)cc1Cl. The van der Waals surface area contributed by atoms with Gasteiger partial charge in [-0.3, -0.25) is 4.79 Å². The minimum atomic E-state index is -0.485. The van der Waals surface area contributed by atoms with Gasteiger partial charge in [-0.15, -0.1) is 0 Å². The van der Waals surface area contributed by atoms with Crippen LogP contribution >= 0.6 is 11.6 Å². The molecule has 0 aliphatic heterocycles. The van der Waals surface area contributed by atoms with Gasteiger partial charge in [0.15, 0.2) is 11.5 Å². The van der Waals surface area contributed by atoms with Gasteiger partial charge in [-0.2, -0.15) is 5.10 Å². The highest BCUT2D eigenvalue weighted by molar-refractivity contribution is 6.34. The summed E-state index contributed by atoms with van der Waals surface area (Å²) in [6.45, 7) is 0. The van der Waals surface area contributed by atoms with Crippen LogP contribution in [0.15, 0.2) is 36.5 Å². The first-order chi connectivity index (χ1) is 11.6. The van der Waals surface area contributed by atoms with Crippen molar-refractivity contribution in [2.75, 3.05) is 5.32 Å². The van der Waals surface area contributed by atoms with Crippen molar-refractivity contribution in [2.45, 2.75) is 25.2 Å². The van der Waals surface area contributed by atoms with E-state index in [1.165, 1.54) is 18.6 Å². The summed E-state index contributed by atoms with van der Waals surface area (Å²) in [7, 11) is 0. The van der Waals surface area contributed by atoms with Crippen molar-refractivity contribution >= 4 is 28.8 Å². The van der Waals surface area contributed by atoms with E-state index in [2.05, 4.69) is 15.4 Å². The Balaban J connectivity index is 1.66. The molecule has 0 unspecified atom stereocenters. The molecule has 1 aliphatic rings. The summed E-state index contributed by atoms with van der Waals surface area (Å²) in [4.78, 5) is 17.0. The summed E-state index contributed by atoms with van der Waals surface area (Å²) in [6.07, 6.45) is 5.20. The highest BCUT2D eigenvalue weighted by atomic mass is 35.5. The molecule has 122 valence electrons. The molecule has 24 heavy (non-hydrogen) atoms. The van der Waals surface area contributed by atoms with Crippen molar-refractivity contribution in [3.63, 3.8) is 0 Å². The largest absolute Gasteiger partial charge is 0.319 e. The number of nitrogens with one attached hydrogen (secondary N) is 1. The van der Waals surface area contributed by atoms with Crippen LogP contribution in [0, 0.1) is 5.82 Å². The van der Waals surface area contributed by atoms with Gasteiger partial charge in [-0.25, -0.2) is 13.9 Å². The monoisotopic (exact) mass is 344 g/mol. The average molecular weight is 345 g/mol. The Hall–Kier alpha value is -2.47. The number of pyridine rings is 1. The maximum absolute atomic E-state index is 13.1. The Bertz CT molecular complexity index is 935. The summed E-state index contributed by atoms with van der Waals surface area (Å²) in [5.41, 5.74) is 1.34. The van der Waals surface area contributed by atoms with Gasteiger partial charge >= 0.3 is 0 Å². The highest BCUT2D eigenvalue weighted by Gasteiger charge is 2.24. The molecule has 1 aliphatic carbocycles. The van der Waals surface area contributed by atoms with Crippen LogP contribution in [-0.2, 0) is 0 Å². The number of hydrogen-bond acceptors (Lipinski definition) is 3. The number of carbonyl (C=O) groups excluding carboxylic acids is 1. The first kappa shape index (κ1) is 15.1. The van der Waals surface area contributed by atoms with Crippen molar-refractivity contribution in [3.05, 3.63) is 58.8 Å². The molecule has 1 fully saturated rings. The zero-order chi connectivity index (χ0) is 16.7. The van der Waals surface area contributed by atoms with E-state index in [1.54, 1.807) is 22.8 Å². The molecule has 7 heteroatoms. The summed E-state index contributed by atoms with van der Waals surface area (Å²) < 4.78 is 14.8. The molecule has 0 saturated heterocycles. The Morgan fingerprint density at radius 1 is 1.33 bits per heavy atom. The third kappa shape index (κ3) is 2.63. The molecule has 1 amide bonds. The van der Waals surface area contributed by atoms with Gasteiger partial charge in [0.25, 0.3) is 5.91 Å². The maximum Gasteiger partial charge on any atom is 0.257 e. The fourth-order valence-electron chi connectivity index (χ4n) is 2.72. The number of aromatic nitrogens is 3. The van der Waals surface area contributed by atoms with Gasteiger partial charge in [0, 0.05) is 12.1 Å². The Kier molecular flexibility index (Phi) is 3.69. The summed E-state index contributed by atoms with van der Waals surface area (Å²) in [6, 6.07) is 7.21. The van der Waals surface area contributed by atoms with Crippen molar-refractivity contribution < 1.29 is 9.18 Å². The van der Waals surface area contributed by atoms with E-state index in [0.29, 0.717) is 17.3 Å². The Morgan fingerprint density at radius 2 is 2.17 bits per heavy atom. The quantitative estimate of drug-likeness (QED) is 0.780. The van der Waals surface area contributed by atoms with Crippen LogP contribution in [0.4, 0.5) is 10.1 Å². The van der Waals surface area contributed by atoms with Crippen LogP contribution in [0.25, 0.3) is 5.65 Å². The summed E-state index contributed by atoms with van der Waals surface area (Å²) in [5, 5.41) is 7.33. The van der Waals surface area contributed by atoms with E-state index in [-0.39, 0.29) is 10.6 Å². The second kappa shape index (κ2) is 5.87. The number of halogens is 2. The van der Waals surface area contributed by atoms with Crippen LogP contribution in [-0.4, -0.2) is 20.5 Å². The molecule has 0 bridgehead atoms. The molecule has 1 N–H and O–H groups in total. The third-order valence-corrected chi connectivity index (χ3v) is 4.59. The van der Waals surface area contributed by atoms with Gasteiger partial charge in [-0.1, -0.05) is 18.0 Å². The number of fused-ring (bicyclic) bond motifs is 1. The normalized spacial score (nSPS) is 14.6. The molecule has 2 heterocycles. The number of benzene rings is 1. The van der Waals surface area contributed by atoms with Crippen LogP contribution < -0.4 is 5.32 Å². The predicted molar refractivity (Wildman–Crippen MR) is 88.9 cm³/mol. The number of anilines is 1. The Morgan fingerprint density at radius 3 is 2.88 bits per heavy atom. The molecular formula is C17H14ClFN4O. The molecule has 0 radical (unpaired) electrons. The maximum atomic E-state index is 13.1. The lowest BCUT2D eigenvalue weighted by Gasteiger charge is -2.21. The van der Waals surface area contributed by atoms with Crippen molar-refractivity contribution in [2.24, 2.45) is 0 Å². The van der Waals surface area contributed by atoms with Crippen molar-refractivity contribution in [1.29, 1.82) is 0 Å². The van der Waals surface area contributed by atoms with Crippen molar-refractivity contribution in [1.82, 2.24) is 14.6 Å². The predicted octanol–water partition coefficient (Wildman–Crippen LogP) is 4.04. The van der Waals surface area contributed by atoms with Crippen LogP contribution in [0.3, 0.4) is 0 Å². The molecule has 3 aromatic rings. The smallest absolute Gasteiger partial charge is 0.257 e. The van der Waals surface area contributed by atoms with Gasteiger partial charge in [-0.05, 0) is 43.2 Å². The molecule has 0 spiro atoms. The molecular weight excluding hydrogens is 331 g/mol. The number of carbonyl (C=O) groups is 1. The topological polar surface area (TPSA) is 59.3 Å². The van der Waals surface area contributed by atoms with E-state index in [1.807, 2.05) is 0 Å². The fraction of sp³-hybridized carbons (Fsp3) is 0.235. The minimum absolute atomic E-state index is 0.0658. The molecule has 5 nitrogen and oxygen atoms in total. The van der Waals surface area contributed by atoms with E-state index in [4.69, 9.17) is 11.6 Å². The molecule has 4 rings (SSSR count).